The van der Waals surface area contributed by atoms with E-state index in [4.69, 9.17) is 0 Å². The maximum absolute atomic E-state index is 13.4. The fourth-order valence-electron chi connectivity index (χ4n) is 2.73. The molecule has 5 nitrogen and oxygen atoms in total. The highest BCUT2D eigenvalue weighted by Gasteiger charge is 2.14. The van der Waals surface area contributed by atoms with Crippen LogP contribution in [0.1, 0.15) is 17.0 Å². The van der Waals surface area contributed by atoms with Gasteiger partial charge >= 0.3 is 0 Å². The van der Waals surface area contributed by atoms with Crippen LogP contribution < -0.4 is 5.32 Å². The summed E-state index contributed by atoms with van der Waals surface area (Å²) in [5, 5.41) is 11.8. The Morgan fingerprint density at radius 1 is 1.13 bits per heavy atom. The number of benzene rings is 2. The highest BCUT2D eigenvalue weighted by atomic mass is 32.2. The molecular weight excluding hydrogens is 438 g/mol. The maximum atomic E-state index is 13.4. The molecule has 31 heavy (non-hydrogen) atoms. The van der Waals surface area contributed by atoms with Crippen LogP contribution in [0.15, 0.2) is 60.3 Å². The number of anilines is 1. The van der Waals surface area contributed by atoms with E-state index in [1.54, 1.807) is 43.0 Å². The number of allylic oxidation sites excluding steroid dienone is 1. The number of rotatable bonds is 10. The molecule has 0 aliphatic carbocycles. The van der Waals surface area contributed by atoms with E-state index in [1.165, 1.54) is 36.0 Å². The third kappa shape index (κ3) is 6.67. The Morgan fingerprint density at radius 3 is 2.61 bits per heavy atom. The fourth-order valence-corrected chi connectivity index (χ4v) is 4.42. The van der Waals surface area contributed by atoms with Crippen LogP contribution >= 0.6 is 23.5 Å². The van der Waals surface area contributed by atoms with Crippen LogP contribution in [0.3, 0.4) is 0 Å². The normalized spacial score (nSPS) is 10.8. The second-order valence-electron chi connectivity index (χ2n) is 6.71. The van der Waals surface area contributed by atoms with Crippen LogP contribution in [0, 0.1) is 18.6 Å². The van der Waals surface area contributed by atoms with E-state index in [9.17, 15) is 13.6 Å². The standard InChI is InChI=1S/C22H22F2N4OS2/c1-3-10-28-20(13-30-12-16-5-8-17(23)9-6-16)26-27-22(28)31-14-21(29)25-19-11-18(24)7-4-15(19)2/h3-9,11H,1,10,12-14H2,2H3,(H,25,29). The van der Waals surface area contributed by atoms with E-state index in [0.29, 0.717) is 23.1 Å². The Morgan fingerprint density at radius 2 is 1.87 bits per heavy atom. The molecule has 3 aromatic rings. The molecule has 1 heterocycles. The van der Waals surface area contributed by atoms with Crippen LogP contribution in [-0.2, 0) is 22.8 Å². The van der Waals surface area contributed by atoms with E-state index in [-0.39, 0.29) is 17.5 Å². The molecule has 2 aromatic carbocycles. The molecule has 0 radical (unpaired) electrons. The van der Waals surface area contributed by atoms with Crippen molar-refractivity contribution in [1.82, 2.24) is 14.8 Å². The van der Waals surface area contributed by atoms with Crippen molar-refractivity contribution in [1.29, 1.82) is 0 Å². The van der Waals surface area contributed by atoms with Gasteiger partial charge < -0.3 is 9.88 Å². The van der Waals surface area contributed by atoms with Gasteiger partial charge in [0, 0.05) is 18.0 Å². The first kappa shape index (κ1) is 23.0. The average molecular weight is 461 g/mol. The summed E-state index contributed by atoms with van der Waals surface area (Å²) < 4.78 is 28.3. The van der Waals surface area contributed by atoms with Crippen LogP contribution in [0.5, 0.6) is 0 Å². The molecule has 0 aliphatic rings. The van der Waals surface area contributed by atoms with Crippen molar-refractivity contribution in [3.63, 3.8) is 0 Å². The van der Waals surface area contributed by atoms with Crippen molar-refractivity contribution in [3.05, 3.63) is 83.7 Å². The third-order valence-corrected chi connectivity index (χ3v) is 6.29. The second kappa shape index (κ2) is 11.1. The molecule has 0 atom stereocenters. The highest BCUT2D eigenvalue weighted by molar-refractivity contribution is 7.99. The zero-order valence-corrected chi connectivity index (χ0v) is 18.6. The predicted octanol–water partition coefficient (Wildman–Crippen LogP) is 5.21. The minimum Gasteiger partial charge on any atom is -0.325 e. The quantitative estimate of drug-likeness (QED) is 0.332. The lowest BCUT2D eigenvalue weighted by Gasteiger charge is -2.09. The smallest absolute Gasteiger partial charge is 0.234 e. The number of aromatic nitrogens is 3. The summed E-state index contributed by atoms with van der Waals surface area (Å²) in [5.41, 5.74) is 2.27. The van der Waals surface area contributed by atoms with Gasteiger partial charge in [-0.2, -0.15) is 0 Å². The minimum atomic E-state index is -0.401. The van der Waals surface area contributed by atoms with Crippen molar-refractivity contribution in [2.24, 2.45) is 0 Å². The number of carbonyl (C=O) groups is 1. The first-order valence-corrected chi connectivity index (χ1v) is 11.6. The molecule has 0 spiro atoms. The topological polar surface area (TPSA) is 59.8 Å². The molecular formula is C22H22F2N4OS2. The van der Waals surface area contributed by atoms with Gasteiger partial charge in [-0.15, -0.1) is 28.5 Å². The van der Waals surface area contributed by atoms with Crippen LogP contribution in [0.25, 0.3) is 0 Å². The van der Waals surface area contributed by atoms with Gasteiger partial charge in [0.15, 0.2) is 5.16 Å². The number of hydrogen-bond acceptors (Lipinski definition) is 5. The Kier molecular flexibility index (Phi) is 8.25. The minimum absolute atomic E-state index is 0.119. The van der Waals surface area contributed by atoms with Gasteiger partial charge in [0.05, 0.1) is 11.5 Å². The third-order valence-electron chi connectivity index (χ3n) is 4.32. The number of halogens is 2. The molecule has 9 heteroatoms. The number of thioether (sulfide) groups is 2. The first-order valence-electron chi connectivity index (χ1n) is 9.50. The van der Waals surface area contributed by atoms with Gasteiger partial charge in [-0.1, -0.05) is 36.0 Å². The van der Waals surface area contributed by atoms with Gasteiger partial charge in [-0.05, 0) is 42.3 Å². The Labute approximate surface area is 188 Å². The summed E-state index contributed by atoms with van der Waals surface area (Å²) in [6, 6.07) is 10.7. The van der Waals surface area contributed by atoms with E-state index in [0.717, 1.165) is 22.7 Å². The molecule has 1 N–H and O–H groups in total. The lowest BCUT2D eigenvalue weighted by Crippen LogP contribution is -2.15. The molecule has 0 aliphatic heterocycles. The molecule has 1 aromatic heterocycles. The number of aryl methyl sites for hydroxylation is 1. The first-order chi connectivity index (χ1) is 15.0. The maximum Gasteiger partial charge on any atom is 0.234 e. The monoisotopic (exact) mass is 460 g/mol. The number of hydrogen-bond donors (Lipinski definition) is 1. The van der Waals surface area contributed by atoms with Gasteiger partial charge in [0.25, 0.3) is 0 Å². The van der Waals surface area contributed by atoms with E-state index in [1.807, 2.05) is 4.57 Å². The Balaban J connectivity index is 1.57. The fraction of sp³-hybridized carbons (Fsp3) is 0.227. The van der Waals surface area contributed by atoms with E-state index >= 15 is 0 Å². The molecule has 0 unspecified atom stereocenters. The number of carbonyl (C=O) groups excluding carboxylic acids is 1. The van der Waals surface area contributed by atoms with Crippen LogP contribution in [-0.4, -0.2) is 26.4 Å². The largest absolute Gasteiger partial charge is 0.325 e. The van der Waals surface area contributed by atoms with Crippen molar-refractivity contribution in [2.45, 2.75) is 30.1 Å². The lowest BCUT2D eigenvalue weighted by atomic mass is 10.2. The zero-order chi connectivity index (χ0) is 22.2. The summed E-state index contributed by atoms with van der Waals surface area (Å²) in [6.45, 7) is 6.10. The van der Waals surface area contributed by atoms with Crippen LogP contribution in [0.4, 0.5) is 14.5 Å². The highest BCUT2D eigenvalue weighted by Crippen LogP contribution is 2.23. The van der Waals surface area contributed by atoms with Gasteiger partial charge in [0.2, 0.25) is 5.91 Å². The zero-order valence-electron chi connectivity index (χ0n) is 17.0. The second-order valence-corrected chi connectivity index (χ2v) is 8.64. The molecule has 1 amide bonds. The van der Waals surface area contributed by atoms with Crippen LogP contribution in [0.2, 0.25) is 0 Å². The van der Waals surface area contributed by atoms with Crippen molar-refractivity contribution in [2.75, 3.05) is 11.1 Å². The molecule has 0 fully saturated rings. The lowest BCUT2D eigenvalue weighted by molar-refractivity contribution is -0.113. The predicted molar refractivity (Wildman–Crippen MR) is 122 cm³/mol. The summed E-state index contributed by atoms with van der Waals surface area (Å²) >= 11 is 2.91. The van der Waals surface area contributed by atoms with Crippen molar-refractivity contribution >= 4 is 35.1 Å². The van der Waals surface area contributed by atoms with E-state index < -0.39 is 5.82 Å². The molecule has 0 saturated heterocycles. The Hall–Kier alpha value is -2.65. The van der Waals surface area contributed by atoms with Gasteiger partial charge in [0.1, 0.15) is 17.5 Å². The Bertz CT molecular complexity index is 1050. The average Bonchev–Trinajstić information content (AvgIpc) is 3.12. The number of nitrogens with zero attached hydrogens (tertiary/aromatic N) is 3. The summed E-state index contributed by atoms with van der Waals surface area (Å²) in [4.78, 5) is 12.3. The number of amides is 1. The molecule has 0 bridgehead atoms. The number of nitrogens with one attached hydrogen (secondary N) is 1. The van der Waals surface area contributed by atoms with Gasteiger partial charge in [-0.3, -0.25) is 4.79 Å². The SMILES string of the molecule is C=CCn1c(CSCc2ccc(F)cc2)nnc1SCC(=O)Nc1cc(F)ccc1C. The molecule has 162 valence electrons. The summed E-state index contributed by atoms with van der Waals surface area (Å²) in [5.74, 6) is 1.33. The summed E-state index contributed by atoms with van der Waals surface area (Å²) in [6.07, 6.45) is 1.75. The van der Waals surface area contributed by atoms with Crippen molar-refractivity contribution in [3.8, 4) is 0 Å². The summed E-state index contributed by atoms with van der Waals surface area (Å²) in [7, 11) is 0. The van der Waals surface area contributed by atoms with Crippen molar-refractivity contribution < 1.29 is 13.6 Å². The van der Waals surface area contributed by atoms with E-state index in [2.05, 4.69) is 22.1 Å². The van der Waals surface area contributed by atoms with Gasteiger partial charge in [-0.25, -0.2) is 8.78 Å². The molecule has 0 saturated carbocycles. The molecule has 3 rings (SSSR count).